The number of hydrogen-bond donors (Lipinski definition) is 2. The second kappa shape index (κ2) is 4.36. The zero-order valence-corrected chi connectivity index (χ0v) is 9.90. The van der Waals surface area contributed by atoms with Gasteiger partial charge in [-0.3, -0.25) is 4.79 Å². The van der Waals surface area contributed by atoms with E-state index in [4.69, 9.17) is 0 Å². The lowest BCUT2D eigenvalue weighted by molar-refractivity contribution is -0.160. The summed E-state index contributed by atoms with van der Waals surface area (Å²) in [6.07, 6.45) is 0.123. The van der Waals surface area contributed by atoms with Crippen LogP contribution < -0.4 is 0 Å². The maximum absolute atomic E-state index is 11.9. The smallest absolute Gasteiger partial charge is 0.171 e. The van der Waals surface area contributed by atoms with Gasteiger partial charge in [-0.05, 0) is 26.3 Å². The number of Topliss-reactive ketones (excluding diaryl/α,β-unsaturated/α-hetero) is 1. The van der Waals surface area contributed by atoms with Crippen LogP contribution >= 0.6 is 0 Å². The maximum atomic E-state index is 11.9. The number of rotatable bonds is 4. The minimum atomic E-state index is -1.73. The molecule has 0 aliphatic carbocycles. The molecule has 0 aromatic heterocycles. The lowest BCUT2D eigenvalue weighted by Crippen LogP contribution is -2.54. The van der Waals surface area contributed by atoms with Crippen LogP contribution in [0.1, 0.15) is 26.3 Å². The Morgan fingerprint density at radius 3 is 2.06 bits per heavy atom. The summed E-state index contributed by atoms with van der Waals surface area (Å²) < 4.78 is 0. The van der Waals surface area contributed by atoms with Crippen LogP contribution in [0.5, 0.6) is 0 Å². The Labute approximate surface area is 95.7 Å². The van der Waals surface area contributed by atoms with E-state index in [0.29, 0.717) is 0 Å². The van der Waals surface area contributed by atoms with E-state index >= 15 is 0 Å². The Morgan fingerprint density at radius 2 is 1.62 bits per heavy atom. The van der Waals surface area contributed by atoms with Crippen molar-refractivity contribution in [3.05, 3.63) is 35.9 Å². The van der Waals surface area contributed by atoms with Crippen LogP contribution in [0.4, 0.5) is 0 Å². The molecule has 0 heterocycles. The molecule has 0 bridgehead atoms. The second-order valence-corrected chi connectivity index (χ2v) is 4.72. The van der Waals surface area contributed by atoms with E-state index in [9.17, 15) is 15.0 Å². The molecule has 3 nitrogen and oxygen atoms in total. The molecule has 1 aromatic carbocycles. The predicted molar refractivity (Wildman–Crippen MR) is 62.1 cm³/mol. The topological polar surface area (TPSA) is 57.5 Å². The quantitative estimate of drug-likeness (QED) is 0.807. The third-order valence-electron chi connectivity index (χ3n) is 2.94. The molecule has 0 fully saturated rings. The lowest BCUT2D eigenvalue weighted by Gasteiger charge is -2.34. The molecule has 16 heavy (non-hydrogen) atoms. The summed E-state index contributed by atoms with van der Waals surface area (Å²) in [5.74, 6) is -0.383. The fraction of sp³-hybridized carbons (Fsp3) is 0.462. The Morgan fingerprint density at radius 1 is 1.12 bits per heavy atom. The van der Waals surface area contributed by atoms with Crippen LogP contribution in [0.15, 0.2) is 30.3 Å². The summed E-state index contributed by atoms with van der Waals surface area (Å²) in [6, 6.07) is 9.17. The van der Waals surface area contributed by atoms with Gasteiger partial charge in [0.25, 0.3) is 0 Å². The first kappa shape index (κ1) is 12.9. The minimum absolute atomic E-state index is 0.123. The molecule has 0 spiro atoms. The average molecular weight is 222 g/mol. The Hall–Kier alpha value is -1.19. The number of aliphatic hydroxyl groups is 2. The standard InChI is InChI=1S/C13H18O3/c1-12(2,15)13(3,16)11(14)9-10-7-5-4-6-8-10/h4-8,15-16H,9H2,1-3H3. The van der Waals surface area contributed by atoms with Gasteiger partial charge in [-0.15, -0.1) is 0 Å². The van der Waals surface area contributed by atoms with Gasteiger partial charge in [0.05, 0.1) is 5.60 Å². The van der Waals surface area contributed by atoms with Crippen molar-refractivity contribution in [2.45, 2.75) is 38.4 Å². The molecule has 0 amide bonds. The highest BCUT2D eigenvalue weighted by Crippen LogP contribution is 2.23. The summed E-state index contributed by atoms with van der Waals surface area (Å²) >= 11 is 0. The van der Waals surface area contributed by atoms with Crippen molar-refractivity contribution < 1.29 is 15.0 Å². The number of carbonyl (C=O) groups excluding carboxylic acids is 1. The van der Waals surface area contributed by atoms with E-state index in [2.05, 4.69) is 0 Å². The van der Waals surface area contributed by atoms with Crippen LogP contribution in [0, 0.1) is 0 Å². The third kappa shape index (κ3) is 2.68. The SMILES string of the molecule is CC(C)(O)C(C)(O)C(=O)Cc1ccccc1. The van der Waals surface area contributed by atoms with E-state index in [0.717, 1.165) is 5.56 Å². The third-order valence-corrected chi connectivity index (χ3v) is 2.94. The summed E-state index contributed by atoms with van der Waals surface area (Å²) in [5.41, 5.74) is -2.35. The fourth-order valence-corrected chi connectivity index (χ4v) is 1.29. The molecule has 1 unspecified atom stereocenters. The molecule has 0 saturated carbocycles. The molecule has 0 saturated heterocycles. The van der Waals surface area contributed by atoms with E-state index in [1.54, 1.807) is 0 Å². The number of ketones is 1. The molecule has 0 aliphatic rings. The number of hydrogen-bond acceptors (Lipinski definition) is 3. The highest BCUT2D eigenvalue weighted by molar-refractivity contribution is 5.89. The Kier molecular flexibility index (Phi) is 3.51. The molecule has 88 valence electrons. The fourth-order valence-electron chi connectivity index (χ4n) is 1.29. The summed E-state index contributed by atoms with van der Waals surface area (Å²) in [4.78, 5) is 11.9. The monoisotopic (exact) mass is 222 g/mol. The first-order valence-electron chi connectivity index (χ1n) is 5.27. The van der Waals surface area contributed by atoms with Crippen molar-refractivity contribution in [1.82, 2.24) is 0 Å². The molecule has 2 N–H and O–H groups in total. The first-order valence-corrected chi connectivity index (χ1v) is 5.27. The molecule has 1 rings (SSSR count). The van der Waals surface area contributed by atoms with E-state index < -0.39 is 11.2 Å². The van der Waals surface area contributed by atoms with Gasteiger partial charge >= 0.3 is 0 Å². The van der Waals surface area contributed by atoms with Crippen LogP contribution in [0.3, 0.4) is 0 Å². The van der Waals surface area contributed by atoms with Crippen molar-refractivity contribution in [1.29, 1.82) is 0 Å². The number of benzene rings is 1. The van der Waals surface area contributed by atoms with Crippen LogP contribution in [-0.2, 0) is 11.2 Å². The molecule has 1 atom stereocenters. The molecule has 3 heteroatoms. The van der Waals surface area contributed by atoms with Crippen molar-refractivity contribution in [2.24, 2.45) is 0 Å². The Balaban J connectivity index is 2.81. The molecular formula is C13H18O3. The maximum Gasteiger partial charge on any atom is 0.171 e. The van der Waals surface area contributed by atoms with Crippen LogP contribution in [-0.4, -0.2) is 27.2 Å². The second-order valence-electron chi connectivity index (χ2n) is 4.72. The van der Waals surface area contributed by atoms with Crippen LogP contribution in [0.25, 0.3) is 0 Å². The zero-order valence-electron chi connectivity index (χ0n) is 9.90. The van der Waals surface area contributed by atoms with E-state index in [-0.39, 0.29) is 12.2 Å². The molecule has 0 aliphatic heterocycles. The Bertz CT molecular complexity index is 361. The van der Waals surface area contributed by atoms with Gasteiger partial charge < -0.3 is 10.2 Å². The minimum Gasteiger partial charge on any atom is -0.387 e. The molecular weight excluding hydrogens is 204 g/mol. The van der Waals surface area contributed by atoms with Gasteiger partial charge in [0.2, 0.25) is 0 Å². The van der Waals surface area contributed by atoms with Crippen molar-refractivity contribution >= 4 is 5.78 Å². The number of carbonyl (C=O) groups is 1. The highest BCUT2D eigenvalue weighted by Gasteiger charge is 2.43. The van der Waals surface area contributed by atoms with E-state index in [1.165, 1.54) is 20.8 Å². The average Bonchev–Trinajstić information content (AvgIpc) is 2.17. The zero-order chi connectivity index (χ0) is 12.4. The summed E-state index contributed by atoms with van der Waals surface area (Å²) in [7, 11) is 0. The lowest BCUT2D eigenvalue weighted by atomic mass is 9.82. The van der Waals surface area contributed by atoms with Gasteiger partial charge in [0.1, 0.15) is 5.60 Å². The van der Waals surface area contributed by atoms with Gasteiger partial charge in [0, 0.05) is 6.42 Å². The van der Waals surface area contributed by atoms with Crippen molar-refractivity contribution in [2.75, 3.05) is 0 Å². The van der Waals surface area contributed by atoms with Gasteiger partial charge in [-0.2, -0.15) is 0 Å². The largest absolute Gasteiger partial charge is 0.387 e. The van der Waals surface area contributed by atoms with Crippen molar-refractivity contribution in [3.63, 3.8) is 0 Å². The summed E-state index contributed by atoms with van der Waals surface area (Å²) in [6.45, 7) is 4.20. The van der Waals surface area contributed by atoms with E-state index in [1.807, 2.05) is 30.3 Å². The van der Waals surface area contributed by atoms with Crippen molar-refractivity contribution in [3.8, 4) is 0 Å². The van der Waals surface area contributed by atoms with Gasteiger partial charge in [-0.1, -0.05) is 30.3 Å². The van der Waals surface area contributed by atoms with Crippen LogP contribution in [0.2, 0.25) is 0 Å². The molecule has 0 radical (unpaired) electrons. The summed E-state index contributed by atoms with van der Waals surface area (Å²) in [5, 5.41) is 19.7. The predicted octanol–water partition coefficient (Wildman–Crippen LogP) is 1.32. The van der Waals surface area contributed by atoms with Gasteiger partial charge in [-0.25, -0.2) is 0 Å². The highest BCUT2D eigenvalue weighted by atomic mass is 16.4. The normalized spacial score (nSPS) is 15.6. The first-order chi connectivity index (χ1) is 7.25. The van der Waals surface area contributed by atoms with Gasteiger partial charge in [0.15, 0.2) is 5.78 Å². The molecule has 1 aromatic rings.